The van der Waals surface area contributed by atoms with Gasteiger partial charge in [0, 0.05) is 26.7 Å². The monoisotopic (exact) mass is 196 g/mol. The highest BCUT2D eigenvalue weighted by molar-refractivity contribution is 5.26. The van der Waals surface area contributed by atoms with Crippen molar-refractivity contribution >= 4 is 5.95 Å². The van der Waals surface area contributed by atoms with Gasteiger partial charge >= 0.3 is 0 Å². The minimum absolute atomic E-state index is 0.580. The molecule has 2 heterocycles. The molecular weight excluding hydrogens is 180 g/mol. The predicted molar refractivity (Wildman–Crippen MR) is 53.1 cm³/mol. The summed E-state index contributed by atoms with van der Waals surface area (Å²) >= 11 is 0. The number of nitrogens with one attached hydrogen (secondary N) is 1. The molecule has 0 saturated carbocycles. The van der Waals surface area contributed by atoms with E-state index in [9.17, 15) is 0 Å². The number of aromatic nitrogens is 4. The molecule has 1 aromatic heterocycles. The van der Waals surface area contributed by atoms with Crippen LogP contribution in [0.5, 0.6) is 0 Å². The van der Waals surface area contributed by atoms with Gasteiger partial charge in [-0.25, -0.2) is 4.68 Å². The fourth-order valence-electron chi connectivity index (χ4n) is 1.87. The molecular formula is C8H16N6. The first-order valence-electron chi connectivity index (χ1n) is 4.94. The molecule has 6 heteroatoms. The molecule has 0 spiro atoms. The minimum atomic E-state index is 0.580. The van der Waals surface area contributed by atoms with Gasteiger partial charge in [0.2, 0.25) is 5.95 Å². The van der Waals surface area contributed by atoms with Crippen molar-refractivity contribution in [1.82, 2.24) is 25.5 Å². The van der Waals surface area contributed by atoms with E-state index in [1.807, 2.05) is 14.1 Å². The molecule has 0 bridgehead atoms. The third-order valence-corrected chi connectivity index (χ3v) is 2.60. The Morgan fingerprint density at radius 2 is 2.50 bits per heavy atom. The lowest BCUT2D eigenvalue weighted by Crippen LogP contribution is -2.36. The molecule has 1 saturated heterocycles. The van der Waals surface area contributed by atoms with Gasteiger partial charge in [0.1, 0.15) is 0 Å². The lowest BCUT2D eigenvalue weighted by Gasteiger charge is -2.20. The number of hydrogen-bond donors (Lipinski definition) is 1. The fourth-order valence-corrected chi connectivity index (χ4v) is 1.87. The molecule has 6 nitrogen and oxygen atoms in total. The van der Waals surface area contributed by atoms with Crippen LogP contribution in [-0.2, 0) is 7.05 Å². The highest BCUT2D eigenvalue weighted by atomic mass is 15.6. The molecule has 1 aliphatic heterocycles. The first-order valence-corrected chi connectivity index (χ1v) is 4.94. The van der Waals surface area contributed by atoms with Gasteiger partial charge in [-0.2, -0.15) is 0 Å². The Bertz CT molecular complexity index is 290. The van der Waals surface area contributed by atoms with Crippen LogP contribution in [0.15, 0.2) is 0 Å². The van der Waals surface area contributed by atoms with Gasteiger partial charge < -0.3 is 10.2 Å². The maximum absolute atomic E-state index is 3.96. The maximum atomic E-state index is 3.96. The van der Waals surface area contributed by atoms with Crippen LogP contribution in [0, 0.1) is 0 Å². The topological polar surface area (TPSA) is 58.9 Å². The van der Waals surface area contributed by atoms with Gasteiger partial charge in [0.15, 0.2) is 0 Å². The van der Waals surface area contributed by atoms with Gasteiger partial charge in [-0.3, -0.25) is 0 Å². The summed E-state index contributed by atoms with van der Waals surface area (Å²) in [6.07, 6.45) is 2.52. The molecule has 78 valence electrons. The maximum Gasteiger partial charge on any atom is 0.245 e. The highest BCUT2D eigenvalue weighted by Gasteiger charge is 2.18. The second kappa shape index (κ2) is 3.91. The Balaban J connectivity index is 1.95. The molecule has 14 heavy (non-hydrogen) atoms. The summed E-state index contributed by atoms with van der Waals surface area (Å²) in [5.41, 5.74) is 0. The SMILES string of the molecule is CN(CC1CCCN1)c1nnnn1C. The molecule has 2 rings (SSSR count). The zero-order valence-corrected chi connectivity index (χ0v) is 8.64. The van der Waals surface area contributed by atoms with E-state index in [-0.39, 0.29) is 0 Å². The molecule has 0 aliphatic carbocycles. The number of nitrogens with zero attached hydrogens (tertiary/aromatic N) is 5. The number of tetrazole rings is 1. The second-order valence-corrected chi connectivity index (χ2v) is 3.78. The van der Waals surface area contributed by atoms with Crippen LogP contribution in [0.25, 0.3) is 0 Å². The average Bonchev–Trinajstić information content (AvgIpc) is 2.75. The van der Waals surface area contributed by atoms with Crippen molar-refractivity contribution in [2.45, 2.75) is 18.9 Å². The van der Waals surface area contributed by atoms with Crippen molar-refractivity contribution in [1.29, 1.82) is 0 Å². The van der Waals surface area contributed by atoms with E-state index in [1.165, 1.54) is 12.8 Å². The van der Waals surface area contributed by atoms with Gasteiger partial charge in [0.05, 0.1) is 0 Å². The summed E-state index contributed by atoms with van der Waals surface area (Å²) in [6.45, 7) is 2.10. The minimum Gasteiger partial charge on any atom is -0.341 e. The number of hydrogen-bond acceptors (Lipinski definition) is 5. The Kier molecular flexibility index (Phi) is 2.62. The van der Waals surface area contributed by atoms with Crippen LogP contribution in [-0.4, -0.2) is 46.4 Å². The quantitative estimate of drug-likeness (QED) is 0.699. The van der Waals surface area contributed by atoms with E-state index in [2.05, 4.69) is 25.7 Å². The van der Waals surface area contributed by atoms with E-state index in [1.54, 1.807) is 4.68 Å². The van der Waals surface area contributed by atoms with E-state index in [0.717, 1.165) is 19.0 Å². The van der Waals surface area contributed by atoms with Crippen molar-refractivity contribution in [3.63, 3.8) is 0 Å². The first-order chi connectivity index (χ1) is 6.77. The lowest BCUT2D eigenvalue weighted by atomic mass is 10.2. The van der Waals surface area contributed by atoms with E-state index in [4.69, 9.17) is 0 Å². The molecule has 1 N–H and O–H groups in total. The smallest absolute Gasteiger partial charge is 0.245 e. The molecule has 1 aliphatic rings. The van der Waals surface area contributed by atoms with Gasteiger partial charge in [-0.1, -0.05) is 5.10 Å². The molecule has 0 radical (unpaired) electrons. The summed E-state index contributed by atoms with van der Waals surface area (Å²) in [7, 11) is 3.87. The van der Waals surface area contributed by atoms with Crippen molar-refractivity contribution in [2.24, 2.45) is 7.05 Å². The third-order valence-electron chi connectivity index (χ3n) is 2.60. The Morgan fingerprint density at radius 1 is 1.64 bits per heavy atom. The summed E-state index contributed by atoms with van der Waals surface area (Å²) in [6, 6.07) is 0.580. The Hall–Kier alpha value is -1.17. The van der Waals surface area contributed by atoms with Crippen molar-refractivity contribution in [3.05, 3.63) is 0 Å². The highest BCUT2D eigenvalue weighted by Crippen LogP contribution is 2.10. The molecule has 1 aromatic rings. The van der Waals surface area contributed by atoms with Crippen LogP contribution < -0.4 is 10.2 Å². The number of rotatable bonds is 3. The van der Waals surface area contributed by atoms with Gasteiger partial charge in [0.25, 0.3) is 0 Å². The molecule has 0 aromatic carbocycles. The summed E-state index contributed by atoms with van der Waals surface area (Å²) in [4.78, 5) is 2.09. The van der Waals surface area contributed by atoms with Gasteiger partial charge in [-0.15, -0.1) is 0 Å². The lowest BCUT2D eigenvalue weighted by molar-refractivity contribution is 0.586. The number of likely N-dealkylation sites (N-methyl/N-ethyl adjacent to an activating group) is 1. The Labute approximate surface area is 83.3 Å². The molecule has 1 atom stereocenters. The van der Waals surface area contributed by atoms with Crippen LogP contribution >= 0.6 is 0 Å². The normalized spacial score (nSPS) is 21.4. The number of anilines is 1. The Morgan fingerprint density at radius 3 is 3.07 bits per heavy atom. The van der Waals surface area contributed by atoms with E-state index in [0.29, 0.717) is 6.04 Å². The van der Waals surface area contributed by atoms with Crippen LogP contribution in [0.4, 0.5) is 5.95 Å². The zero-order chi connectivity index (χ0) is 9.97. The van der Waals surface area contributed by atoms with Gasteiger partial charge in [-0.05, 0) is 29.8 Å². The summed E-state index contributed by atoms with van der Waals surface area (Å²) in [5.74, 6) is 0.818. The van der Waals surface area contributed by atoms with E-state index >= 15 is 0 Å². The van der Waals surface area contributed by atoms with Crippen LogP contribution in [0.2, 0.25) is 0 Å². The van der Waals surface area contributed by atoms with Crippen LogP contribution in [0.3, 0.4) is 0 Å². The molecule has 1 fully saturated rings. The largest absolute Gasteiger partial charge is 0.341 e. The fraction of sp³-hybridized carbons (Fsp3) is 0.875. The third kappa shape index (κ3) is 1.84. The van der Waals surface area contributed by atoms with Crippen molar-refractivity contribution in [2.75, 3.05) is 25.0 Å². The average molecular weight is 196 g/mol. The summed E-state index contributed by atoms with van der Waals surface area (Å²) in [5, 5.41) is 14.8. The number of aryl methyl sites for hydroxylation is 1. The van der Waals surface area contributed by atoms with Crippen molar-refractivity contribution in [3.8, 4) is 0 Å². The predicted octanol–water partition coefficient (Wildman–Crippen LogP) is -0.602. The standard InChI is InChI=1S/C8H16N6/c1-13(6-7-4-3-5-9-7)8-10-11-12-14(8)2/h7,9H,3-6H2,1-2H3. The molecule has 0 amide bonds. The summed E-state index contributed by atoms with van der Waals surface area (Å²) < 4.78 is 1.69. The zero-order valence-electron chi connectivity index (χ0n) is 8.64. The molecule has 1 unspecified atom stereocenters. The van der Waals surface area contributed by atoms with Crippen LogP contribution in [0.1, 0.15) is 12.8 Å². The van der Waals surface area contributed by atoms with E-state index < -0.39 is 0 Å². The second-order valence-electron chi connectivity index (χ2n) is 3.78. The van der Waals surface area contributed by atoms with Crippen molar-refractivity contribution < 1.29 is 0 Å². The first kappa shape index (κ1) is 9.39.